The van der Waals surface area contributed by atoms with Crippen LogP contribution in [0.5, 0.6) is 0 Å². The van der Waals surface area contributed by atoms with Crippen LogP contribution in [0, 0.1) is 5.92 Å². The number of nitrogens with one attached hydrogen (secondary N) is 1. The van der Waals surface area contributed by atoms with Crippen molar-refractivity contribution in [1.82, 2.24) is 10.3 Å². The topological polar surface area (TPSA) is 24.9 Å². The molecule has 2 heterocycles. The minimum Gasteiger partial charge on any atom is -0.317 e. The number of aryl methyl sites for hydroxylation is 1. The molecule has 1 aliphatic rings. The van der Waals surface area contributed by atoms with E-state index in [1.54, 1.807) is 0 Å². The van der Waals surface area contributed by atoms with Gasteiger partial charge in [0.1, 0.15) is 0 Å². The number of rotatable bonds is 4. The lowest BCUT2D eigenvalue weighted by Crippen LogP contribution is -2.27. The summed E-state index contributed by atoms with van der Waals surface area (Å²) in [4.78, 5) is 4.87. The lowest BCUT2D eigenvalue weighted by atomic mass is 9.90. The van der Waals surface area contributed by atoms with E-state index < -0.39 is 0 Å². The van der Waals surface area contributed by atoms with Crippen molar-refractivity contribution in [3.8, 4) is 11.3 Å². The first-order valence-electron chi connectivity index (χ1n) is 9.15. The number of nitrogens with zero attached hydrogens (tertiary/aromatic N) is 1. The van der Waals surface area contributed by atoms with Gasteiger partial charge in [-0.2, -0.15) is 0 Å². The summed E-state index contributed by atoms with van der Waals surface area (Å²) in [6.45, 7) is 2.32. The van der Waals surface area contributed by atoms with E-state index in [0.29, 0.717) is 0 Å². The molecule has 1 aliphatic heterocycles. The predicted octanol–water partition coefficient (Wildman–Crippen LogP) is 5.91. The Bertz CT molecular complexity index is 859. The van der Waals surface area contributed by atoms with Crippen LogP contribution in [0.3, 0.4) is 0 Å². The van der Waals surface area contributed by atoms with Crippen LogP contribution in [0.25, 0.3) is 22.2 Å². The molecule has 1 fully saturated rings. The lowest BCUT2D eigenvalue weighted by molar-refractivity contribution is 0.354. The van der Waals surface area contributed by atoms with Crippen molar-refractivity contribution < 1.29 is 0 Å². The summed E-state index contributed by atoms with van der Waals surface area (Å²) in [5.41, 5.74) is 4.58. The molecule has 0 unspecified atom stereocenters. The SMILES string of the molecule is Cl.Clc1ccc2c(CCC3CCNCC3)cc(-c3ccccc3)nc2c1. The number of aromatic nitrogens is 1. The Balaban J connectivity index is 0.00000196. The van der Waals surface area contributed by atoms with Gasteiger partial charge in [-0.05, 0) is 68.5 Å². The number of piperidine rings is 1. The van der Waals surface area contributed by atoms with Crippen LogP contribution >= 0.6 is 24.0 Å². The maximum atomic E-state index is 6.22. The van der Waals surface area contributed by atoms with Crippen molar-refractivity contribution >= 4 is 34.9 Å². The number of hydrogen-bond donors (Lipinski definition) is 1. The van der Waals surface area contributed by atoms with Gasteiger partial charge in [-0.15, -0.1) is 12.4 Å². The summed E-state index contributed by atoms with van der Waals surface area (Å²) in [6, 6.07) is 18.8. The second-order valence-electron chi connectivity index (χ2n) is 6.93. The number of pyridine rings is 1. The van der Waals surface area contributed by atoms with E-state index in [0.717, 1.165) is 47.2 Å². The third kappa shape index (κ3) is 4.37. The van der Waals surface area contributed by atoms with Crippen molar-refractivity contribution in [2.75, 3.05) is 13.1 Å². The van der Waals surface area contributed by atoms with Crippen molar-refractivity contribution in [3.05, 3.63) is 65.2 Å². The molecule has 4 rings (SSSR count). The highest BCUT2D eigenvalue weighted by atomic mass is 35.5. The fraction of sp³-hybridized carbons (Fsp3) is 0.318. The van der Waals surface area contributed by atoms with Gasteiger partial charge in [0.05, 0.1) is 11.2 Å². The molecule has 0 bridgehead atoms. The molecule has 0 aliphatic carbocycles. The van der Waals surface area contributed by atoms with Gasteiger partial charge in [0.2, 0.25) is 0 Å². The number of fused-ring (bicyclic) bond motifs is 1. The van der Waals surface area contributed by atoms with Crippen molar-refractivity contribution in [1.29, 1.82) is 0 Å². The average Bonchev–Trinajstić information content (AvgIpc) is 2.67. The lowest BCUT2D eigenvalue weighted by Gasteiger charge is -2.22. The average molecular weight is 387 g/mol. The van der Waals surface area contributed by atoms with Crippen molar-refractivity contribution in [2.24, 2.45) is 5.92 Å². The Hall–Kier alpha value is -1.61. The summed E-state index contributed by atoms with van der Waals surface area (Å²) < 4.78 is 0. The Morgan fingerprint density at radius 3 is 2.54 bits per heavy atom. The summed E-state index contributed by atoms with van der Waals surface area (Å²) in [6.07, 6.45) is 4.93. The van der Waals surface area contributed by atoms with E-state index in [1.165, 1.54) is 30.2 Å². The minimum atomic E-state index is 0. The van der Waals surface area contributed by atoms with Crippen LogP contribution in [-0.4, -0.2) is 18.1 Å². The third-order valence-corrected chi connectivity index (χ3v) is 5.44. The van der Waals surface area contributed by atoms with E-state index in [9.17, 15) is 0 Å². The molecule has 0 spiro atoms. The van der Waals surface area contributed by atoms with Crippen LogP contribution in [0.4, 0.5) is 0 Å². The van der Waals surface area contributed by atoms with Gasteiger partial charge in [-0.1, -0.05) is 48.0 Å². The molecule has 0 atom stereocenters. The molecule has 4 heteroatoms. The van der Waals surface area contributed by atoms with Gasteiger partial charge in [-0.3, -0.25) is 0 Å². The molecule has 2 nitrogen and oxygen atoms in total. The largest absolute Gasteiger partial charge is 0.317 e. The number of halogens is 2. The number of hydrogen-bond acceptors (Lipinski definition) is 2. The van der Waals surface area contributed by atoms with E-state index >= 15 is 0 Å². The van der Waals surface area contributed by atoms with Crippen LogP contribution in [0.15, 0.2) is 54.6 Å². The molecular formula is C22H24Cl2N2. The molecule has 1 aromatic heterocycles. The third-order valence-electron chi connectivity index (χ3n) is 5.21. The standard InChI is InChI=1S/C22H23ClN2.ClH/c23-19-8-9-20-18(7-6-16-10-12-24-13-11-16)14-21(25-22(20)15-19)17-4-2-1-3-5-17;/h1-5,8-9,14-16,24H,6-7,10-13H2;1H. The molecule has 26 heavy (non-hydrogen) atoms. The fourth-order valence-electron chi connectivity index (χ4n) is 3.77. The quantitative estimate of drug-likeness (QED) is 0.602. The molecule has 136 valence electrons. The minimum absolute atomic E-state index is 0. The molecule has 1 saturated heterocycles. The zero-order chi connectivity index (χ0) is 17.1. The highest BCUT2D eigenvalue weighted by Crippen LogP contribution is 2.29. The van der Waals surface area contributed by atoms with Gasteiger partial charge >= 0.3 is 0 Å². The Kier molecular flexibility index (Phi) is 6.53. The molecule has 2 aromatic carbocycles. The summed E-state index contributed by atoms with van der Waals surface area (Å²) in [5.74, 6) is 0.831. The summed E-state index contributed by atoms with van der Waals surface area (Å²) >= 11 is 6.22. The van der Waals surface area contributed by atoms with Crippen LogP contribution in [0.1, 0.15) is 24.8 Å². The Labute approximate surface area is 166 Å². The molecule has 0 saturated carbocycles. The molecule has 3 aromatic rings. The Morgan fingerprint density at radius 1 is 1.00 bits per heavy atom. The van der Waals surface area contributed by atoms with Crippen molar-refractivity contribution in [3.63, 3.8) is 0 Å². The molecule has 1 N–H and O–H groups in total. The van der Waals surface area contributed by atoms with Crippen molar-refractivity contribution in [2.45, 2.75) is 25.7 Å². The first kappa shape index (κ1) is 19.2. The van der Waals surface area contributed by atoms with Crippen LogP contribution in [-0.2, 0) is 6.42 Å². The zero-order valence-corrected chi connectivity index (χ0v) is 16.3. The highest BCUT2D eigenvalue weighted by Gasteiger charge is 2.14. The predicted molar refractivity (Wildman–Crippen MR) is 113 cm³/mol. The van der Waals surface area contributed by atoms with E-state index in [-0.39, 0.29) is 12.4 Å². The monoisotopic (exact) mass is 386 g/mol. The first-order valence-corrected chi connectivity index (χ1v) is 9.53. The second-order valence-corrected chi connectivity index (χ2v) is 7.36. The van der Waals surface area contributed by atoms with Gasteiger partial charge < -0.3 is 5.32 Å². The normalized spacial score (nSPS) is 15.0. The van der Waals surface area contributed by atoms with E-state index in [1.807, 2.05) is 18.2 Å². The maximum absolute atomic E-state index is 6.22. The zero-order valence-electron chi connectivity index (χ0n) is 14.7. The van der Waals surface area contributed by atoms with Crippen LogP contribution in [0.2, 0.25) is 5.02 Å². The summed E-state index contributed by atoms with van der Waals surface area (Å²) in [5, 5.41) is 5.43. The smallest absolute Gasteiger partial charge is 0.0727 e. The maximum Gasteiger partial charge on any atom is 0.0727 e. The highest BCUT2D eigenvalue weighted by molar-refractivity contribution is 6.31. The first-order chi connectivity index (χ1) is 12.3. The van der Waals surface area contributed by atoms with E-state index in [2.05, 4.69) is 41.7 Å². The van der Waals surface area contributed by atoms with Gasteiger partial charge in [0.25, 0.3) is 0 Å². The molecular weight excluding hydrogens is 363 g/mol. The Morgan fingerprint density at radius 2 is 1.77 bits per heavy atom. The summed E-state index contributed by atoms with van der Waals surface area (Å²) in [7, 11) is 0. The molecule has 0 amide bonds. The van der Waals surface area contributed by atoms with Gasteiger partial charge in [0.15, 0.2) is 0 Å². The molecule has 0 radical (unpaired) electrons. The fourth-order valence-corrected chi connectivity index (χ4v) is 3.93. The van der Waals surface area contributed by atoms with E-state index in [4.69, 9.17) is 16.6 Å². The van der Waals surface area contributed by atoms with Gasteiger partial charge in [0, 0.05) is 16.0 Å². The van der Waals surface area contributed by atoms with Crippen LogP contribution < -0.4 is 5.32 Å². The number of benzene rings is 2. The van der Waals surface area contributed by atoms with Gasteiger partial charge in [-0.25, -0.2) is 4.98 Å². The second kappa shape index (κ2) is 8.85.